The van der Waals surface area contributed by atoms with Crippen LogP contribution in [0.3, 0.4) is 0 Å². The summed E-state index contributed by atoms with van der Waals surface area (Å²) in [6.07, 6.45) is 4.86. The number of nitrogens with zero attached hydrogens (tertiary/aromatic N) is 3. The molecular weight excluding hydrogens is 314 g/mol. The van der Waals surface area contributed by atoms with Crippen LogP contribution in [0.15, 0.2) is 36.7 Å². The number of carbonyl (C=O) groups is 1. The molecule has 2 aromatic rings. The molecule has 1 aromatic carbocycles. The highest BCUT2D eigenvalue weighted by molar-refractivity contribution is 5.99. The Bertz CT molecular complexity index is 704. The number of Topliss-reactive ketones (excluding diaryl/α,β-unsaturated/α-hetero) is 1. The van der Waals surface area contributed by atoms with Gasteiger partial charge in [0.25, 0.3) is 0 Å². The lowest BCUT2D eigenvalue weighted by Gasteiger charge is -2.32. The van der Waals surface area contributed by atoms with Crippen molar-refractivity contribution >= 4 is 5.78 Å². The second kappa shape index (κ2) is 7.93. The molecule has 1 fully saturated rings. The number of aliphatic hydroxyl groups is 1. The number of carbonyl (C=O) groups excluding carboxylic acids is 1. The fraction of sp³-hybridized carbons (Fsp3) is 0.500. The average Bonchev–Trinajstić information content (AvgIpc) is 3.08. The summed E-state index contributed by atoms with van der Waals surface area (Å²) in [5.74, 6) is 0.371. The fourth-order valence-electron chi connectivity index (χ4n) is 3.67. The molecule has 0 spiro atoms. The standard InChI is InChI=1S/C20H27N3O2/c1-15-4-5-19(16(2)12-15)20(25)17-6-10-22(11-7-17)13-18(24)14-23-9-3-8-21-23/h3-5,8-9,12,17-18,24H,6-7,10-11,13-14H2,1-2H3/t18-/m0/s1. The number of aryl methyl sites for hydroxylation is 2. The van der Waals surface area contributed by atoms with Crippen molar-refractivity contribution in [2.75, 3.05) is 19.6 Å². The lowest BCUT2D eigenvalue weighted by molar-refractivity contribution is 0.0668. The molecule has 1 atom stereocenters. The number of benzene rings is 1. The van der Waals surface area contributed by atoms with Crippen LogP contribution < -0.4 is 0 Å². The number of likely N-dealkylation sites (tertiary alicyclic amines) is 1. The molecule has 2 heterocycles. The minimum absolute atomic E-state index is 0.0981. The zero-order valence-electron chi connectivity index (χ0n) is 15.1. The largest absolute Gasteiger partial charge is 0.390 e. The predicted octanol–water partition coefficient (Wildman–Crippen LogP) is 2.46. The Morgan fingerprint density at radius 2 is 2.04 bits per heavy atom. The van der Waals surface area contributed by atoms with E-state index in [1.54, 1.807) is 10.9 Å². The zero-order valence-corrected chi connectivity index (χ0v) is 15.1. The topological polar surface area (TPSA) is 58.4 Å². The molecule has 1 N–H and O–H groups in total. The zero-order chi connectivity index (χ0) is 17.8. The van der Waals surface area contributed by atoms with E-state index in [2.05, 4.69) is 16.1 Å². The lowest BCUT2D eigenvalue weighted by atomic mass is 9.87. The van der Waals surface area contributed by atoms with Crippen molar-refractivity contribution in [3.8, 4) is 0 Å². The number of piperidine rings is 1. The molecule has 1 aliphatic heterocycles. The van der Waals surface area contributed by atoms with Gasteiger partial charge in [-0.1, -0.05) is 23.8 Å². The van der Waals surface area contributed by atoms with E-state index in [-0.39, 0.29) is 11.7 Å². The summed E-state index contributed by atoms with van der Waals surface area (Å²) in [6, 6.07) is 7.92. The van der Waals surface area contributed by atoms with Gasteiger partial charge in [0.05, 0.1) is 12.6 Å². The van der Waals surface area contributed by atoms with E-state index in [4.69, 9.17) is 0 Å². The summed E-state index contributed by atoms with van der Waals surface area (Å²) in [4.78, 5) is 15.0. The normalized spacial score (nSPS) is 17.6. The highest BCUT2D eigenvalue weighted by Gasteiger charge is 2.27. The quantitative estimate of drug-likeness (QED) is 0.820. The van der Waals surface area contributed by atoms with E-state index in [0.717, 1.165) is 37.1 Å². The third kappa shape index (κ3) is 4.55. The van der Waals surface area contributed by atoms with Gasteiger partial charge in [0.2, 0.25) is 0 Å². The van der Waals surface area contributed by atoms with Crippen molar-refractivity contribution in [3.05, 3.63) is 53.3 Å². The van der Waals surface area contributed by atoms with Crippen LogP contribution >= 0.6 is 0 Å². The third-order valence-corrected chi connectivity index (χ3v) is 5.03. The summed E-state index contributed by atoms with van der Waals surface area (Å²) in [7, 11) is 0. The summed E-state index contributed by atoms with van der Waals surface area (Å²) >= 11 is 0. The molecule has 1 aromatic heterocycles. The molecule has 0 amide bonds. The summed E-state index contributed by atoms with van der Waals surface area (Å²) < 4.78 is 1.75. The van der Waals surface area contributed by atoms with Crippen LogP contribution in [0.4, 0.5) is 0 Å². The minimum Gasteiger partial charge on any atom is -0.390 e. The maximum absolute atomic E-state index is 12.8. The number of hydrogen-bond acceptors (Lipinski definition) is 4. The van der Waals surface area contributed by atoms with Crippen molar-refractivity contribution in [2.24, 2.45) is 5.92 Å². The molecule has 1 aliphatic rings. The van der Waals surface area contributed by atoms with Gasteiger partial charge in [-0.2, -0.15) is 5.10 Å². The van der Waals surface area contributed by atoms with Crippen LogP contribution in [-0.4, -0.2) is 51.3 Å². The second-order valence-corrected chi connectivity index (χ2v) is 7.14. The van der Waals surface area contributed by atoms with Crippen LogP contribution in [0.5, 0.6) is 0 Å². The first-order chi connectivity index (χ1) is 12.0. The molecule has 25 heavy (non-hydrogen) atoms. The second-order valence-electron chi connectivity index (χ2n) is 7.14. The van der Waals surface area contributed by atoms with Crippen molar-refractivity contribution in [1.29, 1.82) is 0 Å². The molecule has 0 saturated carbocycles. The number of rotatable bonds is 6. The first-order valence-electron chi connectivity index (χ1n) is 9.02. The number of β-amino-alcohol motifs (C(OH)–C–C–N with tert-alkyl or cyclic N) is 1. The van der Waals surface area contributed by atoms with E-state index in [0.29, 0.717) is 13.1 Å². The lowest BCUT2D eigenvalue weighted by Crippen LogP contribution is -2.41. The van der Waals surface area contributed by atoms with Gasteiger partial charge < -0.3 is 10.0 Å². The molecule has 0 aliphatic carbocycles. The van der Waals surface area contributed by atoms with E-state index in [1.165, 1.54) is 5.56 Å². The van der Waals surface area contributed by atoms with Crippen LogP contribution in [0.25, 0.3) is 0 Å². The van der Waals surface area contributed by atoms with E-state index < -0.39 is 6.10 Å². The maximum Gasteiger partial charge on any atom is 0.166 e. The monoisotopic (exact) mass is 341 g/mol. The molecule has 3 rings (SSSR count). The van der Waals surface area contributed by atoms with Crippen molar-refractivity contribution < 1.29 is 9.90 Å². The smallest absolute Gasteiger partial charge is 0.166 e. The highest BCUT2D eigenvalue weighted by Crippen LogP contribution is 2.24. The van der Waals surface area contributed by atoms with E-state index in [9.17, 15) is 9.90 Å². The number of aromatic nitrogens is 2. The Kier molecular flexibility index (Phi) is 5.66. The summed E-state index contributed by atoms with van der Waals surface area (Å²) in [5.41, 5.74) is 3.12. The van der Waals surface area contributed by atoms with Crippen LogP contribution in [0, 0.1) is 19.8 Å². The van der Waals surface area contributed by atoms with Crippen molar-refractivity contribution in [3.63, 3.8) is 0 Å². The van der Waals surface area contributed by atoms with Gasteiger partial charge in [0, 0.05) is 30.4 Å². The van der Waals surface area contributed by atoms with Gasteiger partial charge in [-0.15, -0.1) is 0 Å². The molecule has 0 radical (unpaired) electrons. The van der Waals surface area contributed by atoms with Gasteiger partial charge in [-0.3, -0.25) is 9.48 Å². The summed E-state index contributed by atoms with van der Waals surface area (Å²) in [5, 5.41) is 14.3. The van der Waals surface area contributed by atoms with Crippen LogP contribution in [0.1, 0.15) is 34.3 Å². The first kappa shape index (κ1) is 17.8. The third-order valence-electron chi connectivity index (χ3n) is 5.03. The van der Waals surface area contributed by atoms with Crippen LogP contribution in [0.2, 0.25) is 0 Å². The highest BCUT2D eigenvalue weighted by atomic mass is 16.3. The molecule has 134 valence electrons. The van der Waals surface area contributed by atoms with Crippen LogP contribution in [-0.2, 0) is 6.54 Å². The maximum atomic E-state index is 12.8. The molecular formula is C20H27N3O2. The van der Waals surface area contributed by atoms with Gasteiger partial charge in [0.15, 0.2) is 5.78 Å². The Morgan fingerprint density at radius 1 is 1.28 bits per heavy atom. The van der Waals surface area contributed by atoms with E-state index >= 15 is 0 Å². The SMILES string of the molecule is Cc1ccc(C(=O)C2CCN(C[C@H](O)Cn3cccn3)CC2)c(C)c1. The fourth-order valence-corrected chi connectivity index (χ4v) is 3.67. The van der Waals surface area contributed by atoms with Crippen molar-refractivity contribution in [2.45, 2.75) is 39.3 Å². The number of aliphatic hydroxyl groups excluding tert-OH is 1. The molecule has 0 bridgehead atoms. The summed E-state index contributed by atoms with van der Waals surface area (Å²) in [6.45, 7) is 6.92. The Balaban J connectivity index is 1.50. The van der Waals surface area contributed by atoms with Gasteiger partial charge in [-0.25, -0.2) is 0 Å². The molecule has 5 nitrogen and oxygen atoms in total. The minimum atomic E-state index is -0.438. The average molecular weight is 341 g/mol. The van der Waals surface area contributed by atoms with E-state index in [1.807, 2.05) is 38.2 Å². The molecule has 1 saturated heterocycles. The molecule has 0 unspecified atom stereocenters. The van der Waals surface area contributed by atoms with Gasteiger partial charge in [0.1, 0.15) is 0 Å². The number of ketones is 1. The molecule has 5 heteroatoms. The van der Waals surface area contributed by atoms with Gasteiger partial charge >= 0.3 is 0 Å². The first-order valence-corrected chi connectivity index (χ1v) is 9.02. The Hall–Kier alpha value is -1.98. The predicted molar refractivity (Wildman–Crippen MR) is 97.6 cm³/mol. The van der Waals surface area contributed by atoms with Crippen molar-refractivity contribution in [1.82, 2.24) is 14.7 Å². The van der Waals surface area contributed by atoms with Gasteiger partial charge in [-0.05, 0) is 51.4 Å². The Labute approximate surface area is 149 Å². The Morgan fingerprint density at radius 3 is 2.68 bits per heavy atom. The number of hydrogen-bond donors (Lipinski definition) is 1.